The third kappa shape index (κ3) is 14.8. The van der Waals surface area contributed by atoms with E-state index in [0.717, 1.165) is 25.7 Å². The number of esters is 1. The Bertz CT molecular complexity index is 906. The Labute approximate surface area is 229 Å². The Morgan fingerprint density at radius 2 is 1.36 bits per heavy atom. The van der Waals surface area contributed by atoms with Gasteiger partial charge in [-0.15, -0.1) is 0 Å². The molecular weight excluding hydrogens is 514 g/mol. The minimum Gasteiger partial charge on any atom is -0.458 e. The lowest BCUT2D eigenvalue weighted by Crippen LogP contribution is -2.37. The molecule has 0 spiro atoms. The number of rotatable bonds is 17. The molecule has 0 fully saturated rings. The maximum absolute atomic E-state index is 12.4. The molecule has 2 atom stereocenters. The maximum atomic E-state index is 12.4. The van der Waals surface area contributed by atoms with E-state index >= 15 is 0 Å². The van der Waals surface area contributed by atoms with Gasteiger partial charge in [-0.3, -0.25) is 4.79 Å². The van der Waals surface area contributed by atoms with E-state index in [9.17, 15) is 19.2 Å². The molecule has 0 heterocycles. The fraction of sp³-hybridized carbons (Fsp3) is 0.630. The fourth-order valence-electron chi connectivity index (χ4n) is 3.10. The molecule has 0 saturated carbocycles. The molecule has 0 aromatic heterocycles. The van der Waals surface area contributed by atoms with Gasteiger partial charge in [0.15, 0.2) is 11.5 Å². The average molecular weight is 556 g/mol. The summed E-state index contributed by atoms with van der Waals surface area (Å²) in [4.78, 5) is 48.0. The summed E-state index contributed by atoms with van der Waals surface area (Å²) in [7, 11) is 0. The van der Waals surface area contributed by atoms with Crippen molar-refractivity contribution in [3.63, 3.8) is 0 Å². The zero-order chi connectivity index (χ0) is 29.0. The first-order valence-corrected chi connectivity index (χ1v) is 13.3. The molecule has 0 radical (unpaired) electrons. The number of hydrogen-bond donors (Lipinski definition) is 1. The van der Waals surface area contributed by atoms with Crippen LogP contribution in [-0.2, 0) is 34.9 Å². The zero-order valence-corrected chi connectivity index (χ0v) is 23.2. The molecule has 0 bridgehead atoms. The molecule has 0 amide bonds. The minimum atomic E-state index is -1.08. The number of unbranched alkanes of at least 4 members (excludes halogenated alkanes) is 4. The van der Waals surface area contributed by atoms with Gasteiger partial charge in [-0.25, -0.2) is 14.4 Å². The highest BCUT2D eigenvalue weighted by atomic mass is 16.7. The van der Waals surface area contributed by atoms with Gasteiger partial charge in [0.25, 0.3) is 0 Å². The molecule has 0 aliphatic carbocycles. The van der Waals surface area contributed by atoms with E-state index in [4.69, 9.17) is 34.2 Å². The van der Waals surface area contributed by atoms with E-state index < -0.39 is 36.6 Å². The topological polar surface area (TPSA) is 159 Å². The van der Waals surface area contributed by atoms with Gasteiger partial charge in [0.2, 0.25) is 0 Å². The molecule has 220 valence electrons. The van der Waals surface area contributed by atoms with Gasteiger partial charge < -0.3 is 38.9 Å². The molecule has 2 N–H and O–H groups in total. The molecule has 0 unspecified atom stereocenters. The Morgan fingerprint density at radius 3 is 1.92 bits per heavy atom. The second kappa shape index (κ2) is 19.5. The molecular formula is C27H41NO11. The van der Waals surface area contributed by atoms with Crippen LogP contribution >= 0.6 is 0 Å². The second-order valence-electron chi connectivity index (χ2n) is 8.65. The van der Waals surface area contributed by atoms with Crippen molar-refractivity contribution in [2.75, 3.05) is 26.4 Å². The largest absolute Gasteiger partial charge is 0.513 e. The van der Waals surface area contributed by atoms with Gasteiger partial charge in [0, 0.05) is 0 Å². The summed E-state index contributed by atoms with van der Waals surface area (Å²) in [5.74, 6) is -0.898. The van der Waals surface area contributed by atoms with Crippen molar-refractivity contribution in [1.29, 1.82) is 0 Å². The number of ether oxygens (including phenoxy) is 7. The normalized spacial score (nSPS) is 12.0. The van der Waals surface area contributed by atoms with Gasteiger partial charge in [-0.1, -0.05) is 45.6 Å². The van der Waals surface area contributed by atoms with Crippen molar-refractivity contribution in [3.05, 3.63) is 23.8 Å². The lowest BCUT2D eigenvalue weighted by molar-refractivity contribution is -0.152. The summed E-state index contributed by atoms with van der Waals surface area (Å²) in [5.41, 5.74) is 6.49. The van der Waals surface area contributed by atoms with Crippen LogP contribution in [0.4, 0.5) is 14.4 Å². The predicted molar refractivity (Wildman–Crippen MR) is 140 cm³/mol. The first kappa shape index (κ1) is 33.5. The highest BCUT2D eigenvalue weighted by Crippen LogP contribution is 2.30. The van der Waals surface area contributed by atoms with Crippen LogP contribution in [0.15, 0.2) is 18.2 Å². The van der Waals surface area contributed by atoms with Gasteiger partial charge in [0.05, 0.1) is 19.8 Å². The van der Waals surface area contributed by atoms with Gasteiger partial charge in [-0.05, 0) is 50.8 Å². The molecule has 1 aromatic rings. The van der Waals surface area contributed by atoms with Crippen LogP contribution in [0.3, 0.4) is 0 Å². The van der Waals surface area contributed by atoms with Crippen LogP contribution in [-0.4, -0.2) is 63.0 Å². The van der Waals surface area contributed by atoms with Crippen LogP contribution in [0.2, 0.25) is 0 Å². The van der Waals surface area contributed by atoms with Crippen LogP contribution in [0.1, 0.15) is 71.8 Å². The van der Waals surface area contributed by atoms with Crippen molar-refractivity contribution in [2.45, 2.75) is 84.8 Å². The van der Waals surface area contributed by atoms with Crippen LogP contribution < -0.4 is 15.2 Å². The smallest absolute Gasteiger partial charge is 0.458 e. The van der Waals surface area contributed by atoms with E-state index in [1.54, 1.807) is 13.0 Å². The lowest BCUT2D eigenvalue weighted by Gasteiger charge is -2.17. The third-order valence-corrected chi connectivity index (χ3v) is 5.10. The maximum Gasteiger partial charge on any atom is 0.513 e. The van der Waals surface area contributed by atoms with Crippen molar-refractivity contribution >= 4 is 24.4 Å². The molecule has 0 aliphatic heterocycles. The monoisotopic (exact) mass is 555 g/mol. The minimum absolute atomic E-state index is 0.00788. The summed E-state index contributed by atoms with van der Waals surface area (Å²) in [6, 6.07) is 3.28. The molecule has 12 nitrogen and oxygen atoms in total. The number of benzene rings is 1. The van der Waals surface area contributed by atoms with Crippen LogP contribution in [0.25, 0.3) is 0 Å². The van der Waals surface area contributed by atoms with Crippen molar-refractivity contribution < 1.29 is 52.3 Å². The summed E-state index contributed by atoms with van der Waals surface area (Å²) < 4.78 is 35.3. The van der Waals surface area contributed by atoms with Crippen molar-refractivity contribution in [3.8, 4) is 11.5 Å². The van der Waals surface area contributed by atoms with E-state index in [0.29, 0.717) is 18.4 Å². The quantitative estimate of drug-likeness (QED) is 0.118. The first-order valence-electron chi connectivity index (χ1n) is 13.3. The van der Waals surface area contributed by atoms with Crippen LogP contribution in [0, 0.1) is 0 Å². The average Bonchev–Trinajstić information content (AvgIpc) is 2.89. The molecule has 0 saturated heterocycles. The zero-order valence-electron chi connectivity index (χ0n) is 23.2. The predicted octanol–water partition coefficient (Wildman–Crippen LogP) is 5.07. The number of nitrogens with two attached hydrogens (primary N) is 1. The highest BCUT2D eigenvalue weighted by Gasteiger charge is 2.22. The van der Waals surface area contributed by atoms with Crippen molar-refractivity contribution in [2.24, 2.45) is 5.73 Å². The van der Waals surface area contributed by atoms with E-state index in [2.05, 4.69) is 4.74 Å². The van der Waals surface area contributed by atoms with Crippen LogP contribution in [0.5, 0.6) is 11.5 Å². The van der Waals surface area contributed by atoms with Crippen molar-refractivity contribution in [1.82, 2.24) is 0 Å². The third-order valence-electron chi connectivity index (χ3n) is 5.10. The molecule has 39 heavy (non-hydrogen) atoms. The Morgan fingerprint density at radius 1 is 0.769 bits per heavy atom. The van der Waals surface area contributed by atoms with Gasteiger partial charge in [-0.2, -0.15) is 0 Å². The lowest BCUT2D eigenvalue weighted by atomic mass is 10.1. The second-order valence-corrected chi connectivity index (χ2v) is 8.65. The number of carbonyl (C=O) groups is 4. The SMILES string of the molecule is CCCCCOC(=O)Oc1ccc(C[C@H](N)C(=O)O[C@@H](C)COC(=O)OCC)cc1OC(=O)OCCCCC. The first-order chi connectivity index (χ1) is 18.7. The van der Waals surface area contributed by atoms with Gasteiger partial charge in [0.1, 0.15) is 18.8 Å². The Hall–Kier alpha value is -3.54. The number of hydrogen-bond acceptors (Lipinski definition) is 12. The molecule has 0 aliphatic rings. The van der Waals surface area contributed by atoms with E-state index in [1.807, 2.05) is 13.8 Å². The summed E-state index contributed by atoms with van der Waals surface area (Å²) in [6.45, 7) is 7.55. The number of carbonyl (C=O) groups excluding carboxylic acids is 4. The molecule has 1 rings (SSSR count). The summed E-state index contributed by atoms with van der Waals surface area (Å²) in [6.07, 6.45) is 1.56. The van der Waals surface area contributed by atoms with Gasteiger partial charge >= 0.3 is 24.4 Å². The standard InChI is InChI=1S/C27H41NO11/c1-5-8-10-14-34-26(31)38-22-13-12-20(17-23(22)39-27(32)35-15-11-9-6-2)16-21(28)24(29)37-19(4)18-36-25(30)33-7-3/h12-13,17,19,21H,5-11,14-16,18,28H2,1-4H3/t19-,21-/m0/s1. The summed E-state index contributed by atoms with van der Waals surface area (Å²) >= 11 is 0. The van der Waals surface area contributed by atoms with E-state index in [1.165, 1.54) is 19.1 Å². The molecule has 12 heteroatoms. The summed E-state index contributed by atoms with van der Waals surface area (Å²) in [5, 5.41) is 0. The Balaban J connectivity index is 2.84. The molecule has 1 aromatic carbocycles. The van der Waals surface area contributed by atoms with E-state index in [-0.39, 0.29) is 44.3 Å². The highest BCUT2D eigenvalue weighted by molar-refractivity contribution is 5.76. The fourth-order valence-corrected chi connectivity index (χ4v) is 3.10. The Kier molecular flexibility index (Phi) is 16.8.